The highest BCUT2D eigenvalue weighted by Gasteiger charge is 2.35. The summed E-state index contributed by atoms with van der Waals surface area (Å²) in [4.78, 5) is 14.0. The Balaban J connectivity index is 2.45. The van der Waals surface area contributed by atoms with Gasteiger partial charge < -0.3 is 19.1 Å². The lowest BCUT2D eigenvalue weighted by Gasteiger charge is -2.26. The monoisotopic (exact) mass is 323 g/mol. The van der Waals surface area contributed by atoms with Gasteiger partial charge in [-0.1, -0.05) is 12.2 Å². The third-order valence-corrected chi connectivity index (χ3v) is 4.65. The highest BCUT2D eigenvalue weighted by molar-refractivity contribution is 8.00. The van der Waals surface area contributed by atoms with Gasteiger partial charge in [-0.15, -0.1) is 11.8 Å². The van der Waals surface area contributed by atoms with Crippen molar-refractivity contribution in [3.63, 3.8) is 0 Å². The minimum Gasteiger partial charge on any atom is -0.496 e. The van der Waals surface area contributed by atoms with Gasteiger partial charge >= 0.3 is 0 Å². The zero-order valence-electron chi connectivity index (χ0n) is 13.3. The number of nitrogens with zero attached hydrogens (tertiary/aromatic N) is 1. The lowest BCUT2D eigenvalue weighted by Crippen LogP contribution is -2.29. The number of carbonyl (C=O) groups is 1. The summed E-state index contributed by atoms with van der Waals surface area (Å²) in [5.74, 6) is 2.46. The zero-order chi connectivity index (χ0) is 16.3. The highest BCUT2D eigenvalue weighted by atomic mass is 32.2. The molecule has 0 aliphatic carbocycles. The van der Waals surface area contributed by atoms with Crippen LogP contribution in [-0.2, 0) is 4.79 Å². The molecule has 0 aromatic heterocycles. The van der Waals surface area contributed by atoms with Gasteiger partial charge in [-0.3, -0.25) is 4.79 Å². The lowest BCUT2D eigenvalue weighted by molar-refractivity contribution is -0.127. The van der Waals surface area contributed by atoms with Crippen LogP contribution in [0.1, 0.15) is 17.9 Å². The van der Waals surface area contributed by atoms with E-state index in [1.807, 2.05) is 17.9 Å². The maximum atomic E-state index is 12.1. The number of benzene rings is 1. The van der Waals surface area contributed by atoms with Crippen molar-refractivity contribution in [1.82, 2.24) is 4.90 Å². The zero-order valence-corrected chi connectivity index (χ0v) is 14.2. The van der Waals surface area contributed by atoms with Crippen molar-refractivity contribution in [3.8, 4) is 17.2 Å². The molecule has 0 saturated carbocycles. The minimum atomic E-state index is -0.112. The van der Waals surface area contributed by atoms with Gasteiger partial charge in [-0.2, -0.15) is 0 Å². The largest absolute Gasteiger partial charge is 0.496 e. The molecule has 1 unspecified atom stereocenters. The van der Waals surface area contributed by atoms with E-state index in [2.05, 4.69) is 6.58 Å². The number of hydrogen-bond acceptors (Lipinski definition) is 5. The van der Waals surface area contributed by atoms with Crippen LogP contribution in [-0.4, -0.2) is 44.4 Å². The molecule has 1 amide bonds. The van der Waals surface area contributed by atoms with Gasteiger partial charge in [0.2, 0.25) is 5.91 Å². The molecule has 120 valence electrons. The molecule has 1 saturated heterocycles. The van der Waals surface area contributed by atoms with Crippen LogP contribution in [0.25, 0.3) is 0 Å². The van der Waals surface area contributed by atoms with Crippen molar-refractivity contribution < 1.29 is 19.0 Å². The predicted molar refractivity (Wildman–Crippen MR) is 87.8 cm³/mol. The molecule has 1 aromatic rings. The van der Waals surface area contributed by atoms with Crippen molar-refractivity contribution >= 4 is 17.7 Å². The first-order chi connectivity index (χ1) is 10.5. The molecular weight excluding hydrogens is 302 g/mol. The molecular formula is C16H21NO4S. The second kappa shape index (κ2) is 6.96. The fourth-order valence-corrected chi connectivity index (χ4v) is 3.62. The molecule has 0 spiro atoms. The molecule has 2 rings (SSSR count). The van der Waals surface area contributed by atoms with Gasteiger partial charge in [0.15, 0.2) is 11.5 Å². The van der Waals surface area contributed by atoms with E-state index in [0.717, 1.165) is 11.1 Å². The van der Waals surface area contributed by atoms with Gasteiger partial charge in [-0.25, -0.2) is 0 Å². The Morgan fingerprint density at radius 1 is 1.23 bits per heavy atom. The quantitative estimate of drug-likeness (QED) is 0.753. The van der Waals surface area contributed by atoms with Crippen LogP contribution in [0.4, 0.5) is 0 Å². The summed E-state index contributed by atoms with van der Waals surface area (Å²) in [6.07, 6.45) is 0. The van der Waals surface area contributed by atoms with Crippen molar-refractivity contribution in [1.29, 1.82) is 0 Å². The number of rotatable bonds is 6. The molecule has 6 heteroatoms. The second-order valence-electron chi connectivity index (χ2n) is 5.09. The highest BCUT2D eigenvalue weighted by Crippen LogP contribution is 2.46. The van der Waals surface area contributed by atoms with Gasteiger partial charge in [0, 0.05) is 18.2 Å². The minimum absolute atomic E-state index is 0.106. The van der Waals surface area contributed by atoms with E-state index in [1.54, 1.807) is 39.2 Å². The van der Waals surface area contributed by atoms with Gasteiger partial charge in [0.1, 0.15) is 11.1 Å². The SMILES string of the molecule is C=C(C)CN1C(=O)CSC1c1cc(OC)c(OC)cc1OC. The Kier molecular flexibility index (Phi) is 5.24. The summed E-state index contributed by atoms with van der Waals surface area (Å²) in [5, 5.41) is -0.112. The first-order valence-electron chi connectivity index (χ1n) is 6.87. The first kappa shape index (κ1) is 16.5. The Morgan fingerprint density at radius 3 is 2.36 bits per heavy atom. The average molecular weight is 323 g/mol. The van der Waals surface area contributed by atoms with E-state index in [1.165, 1.54) is 0 Å². The smallest absolute Gasteiger partial charge is 0.234 e. The van der Waals surface area contributed by atoms with E-state index < -0.39 is 0 Å². The maximum Gasteiger partial charge on any atom is 0.234 e. The molecule has 1 fully saturated rings. The fraction of sp³-hybridized carbons (Fsp3) is 0.438. The van der Waals surface area contributed by atoms with E-state index in [4.69, 9.17) is 14.2 Å². The molecule has 1 aromatic carbocycles. The molecule has 5 nitrogen and oxygen atoms in total. The summed E-state index contributed by atoms with van der Waals surface area (Å²) in [6, 6.07) is 3.66. The summed E-state index contributed by atoms with van der Waals surface area (Å²) >= 11 is 1.57. The number of hydrogen-bond donors (Lipinski definition) is 0. The summed E-state index contributed by atoms with van der Waals surface area (Å²) in [7, 11) is 4.78. The molecule has 0 bridgehead atoms. The van der Waals surface area contributed by atoms with Gasteiger partial charge in [-0.05, 0) is 13.0 Å². The summed E-state index contributed by atoms with van der Waals surface area (Å²) in [5.41, 5.74) is 1.84. The van der Waals surface area contributed by atoms with E-state index in [-0.39, 0.29) is 11.3 Å². The van der Waals surface area contributed by atoms with Gasteiger partial charge in [0.05, 0.1) is 27.1 Å². The maximum absolute atomic E-state index is 12.1. The molecule has 1 aliphatic rings. The van der Waals surface area contributed by atoms with Crippen molar-refractivity contribution in [2.24, 2.45) is 0 Å². The van der Waals surface area contributed by atoms with Crippen LogP contribution in [0.2, 0.25) is 0 Å². The molecule has 0 N–H and O–H groups in total. The van der Waals surface area contributed by atoms with Gasteiger partial charge in [0.25, 0.3) is 0 Å². The molecule has 1 aliphatic heterocycles. The van der Waals surface area contributed by atoms with E-state index >= 15 is 0 Å². The Labute approximate surface area is 135 Å². The summed E-state index contributed by atoms with van der Waals surface area (Å²) in [6.45, 7) is 6.36. The van der Waals surface area contributed by atoms with Crippen LogP contribution >= 0.6 is 11.8 Å². The fourth-order valence-electron chi connectivity index (χ4n) is 2.42. The van der Waals surface area contributed by atoms with Crippen LogP contribution < -0.4 is 14.2 Å². The topological polar surface area (TPSA) is 48.0 Å². The number of ether oxygens (including phenoxy) is 3. The summed E-state index contributed by atoms with van der Waals surface area (Å²) < 4.78 is 16.1. The van der Waals surface area contributed by atoms with Crippen molar-refractivity contribution in [2.75, 3.05) is 33.6 Å². The number of amides is 1. The Morgan fingerprint density at radius 2 is 1.82 bits per heavy atom. The van der Waals surface area contributed by atoms with Crippen molar-refractivity contribution in [2.45, 2.75) is 12.3 Å². The normalized spacial score (nSPS) is 17.5. The third kappa shape index (κ3) is 3.16. The molecule has 0 radical (unpaired) electrons. The van der Waals surface area contributed by atoms with Crippen LogP contribution in [0.3, 0.4) is 0 Å². The first-order valence-corrected chi connectivity index (χ1v) is 7.92. The second-order valence-corrected chi connectivity index (χ2v) is 6.16. The lowest BCUT2D eigenvalue weighted by atomic mass is 10.1. The number of carbonyl (C=O) groups excluding carboxylic acids is 1. The van der Waals surface area contributed by atoms with Crippen LogP contribution in [0, 0.1) is 0 Å². The molecule has 1 heterocycles. The standard InChI is InChI=1S/C16H21NO4S/c1-10(2)8-17-15(18)9-22-16(17)11-6-13(20-4)14(21-5)7-12(11)19-3/h6-7,16H,1,8-9H2,2-5H3. The number of thioether (sulfide) groups is 1. The Bertz CT molecular complexity index is 588. The van der Waals surface area contributed by atoms with E-state index in [9.17, 15) is 4.79 Å². The predicted octanol–water partition coefficient (Wildman–Crippen LogP) is 2.86. The van der Waals surface area contributed by atoms with Crippen molar-refractivity contribution in [3.05, 3.63) is 29.8 Å². The van der Waals surface area contributed by atoms with Crippen LogP contribution in [0.15, 0.2) is 24.3 Å². The molecule has 22 heavy (non-hydrogen) atoms. The van der Waals surface area contributed by atoms with Crippen LogP contribution in [0.5, 0.6) is 17.2 Å². The Hall–Kier alpha value is -1.82. The average Bonchev–Trinajstić information content (AvgIpc) is 2.86. The molecule has 1 atom stereocenters. The third-order valence-electron chi connectivity index (χ3n) is 3.41. The van der Waals surface area contributed by atoms with E-state index in [0.29, 0.717) is 29.5 Å². The number of methoxy groups -OCH3 is 3.